The predicted octanol–water partition coefficient (Wildman–Crippen LogP) is 2.98. The van der Waals surface area contributed by atoms with Gasteiger partial charge in [0.1, 0.15) is 23.8 Å². The fraction of sp³-hybridized carbons (Fsp3) is 0.533. The Kier molecular flexibility index (Phi) is 5.62. The number of halogens is 2. The minimum absolute atomic E-state index is 0.0193. The lowest BCUT2D eigenvalue weighted by atomic mass is 9.84. The highest BCUT2D eigenvalue weighted by Crippen LogP contribution is 2.32. The smallest absolute Gasteiger partial charge is 0.322 e. The fourth-order valence-electron chi connectivity index (χ4n) is 2.29. The molecule has 0 amide bonds. The quantitative estimate of drug-likeness (QED) is 0.846. The van der Waals surface area contributed by atoms with Crippen LogP contribution in [0.25, 0.3) is 0 Å². The third kappa shape index (κ3) is 4.00. The van der Waals surface area contributed by atoms with E-state index in [1.165, 1.54) is 19.1 Å². The van der Waals surface area contributed by atoms with Crippen LogP contribution in [0.15, 0.2) is 18.2 Å². The van der Waals surface area contributed by atoms with Crippen LogP contribution in [0.3, 0.4) is 0 Å². The first-order valence-electron chi connectivity index (χ1n) is 6.65. The Balaban J connectivity index is 3.02. The van der Waals surface area contributed by atoms with E-state index in [4.69, 9.17) is 10.5 Å². The van der Waals surface area contributed by atoms with Gasteiger partial charge < -0.3 is 10.5 Å². The van der Waals surface area contributed by atoms with E-state index in [2.05, 4.69) is 0 Å². The van der Waals surface area contributed by atoms with Gasteiger partial charge in [0.25, 0.3) is 0 Å². The van der Waals surface area contributed by atoms with Crippen molar-refractivity contribution in [2.45, 2.75) is 45.8 Å². The molecule has 0 aromatic heterocycles. The van der Waals surface area contributed by atoms with Gasteiger partial charge in [-0.1, -0.05) is 19.9 Å². The normalized spacial score (nSPS) is 15.8. The third-order valence-corrected chi connectivity index (χ3v) is 3.22. The van der Waals surface area contributed by atoms with Crippen molar-refractivity contribution in [3.8, 4) is 0 Å². The van der Waals surface area contributed by atoms with Crippen LogP contribution < -0.4 is 5.73 Å². The molecular weight excluding hydrogens is 264 g/mol. The van der Waals surface area contributed by atoms with E-state index >= 15 is 0 Å². The fourth-order valence-corrected chi connectivity index (χ4v) is 2.29. The molecule has 3 nitrogen and oxygen atoms in total. The van der Waals surface area contributed by atoms with Crippen molar-refractivity contribution in [2.24, 2.45) is 11.7 Å². The summed E-state index contributed by atoms with van der Waals surface area (Å²) in [5, 5.41) is 0. The largest absolute Gasteiger partial charge is 0.461 e. The van der Waals surface area contributed by atoms with Gasteiger partial charge in [0.15, 0.2) is 0 Å². The molecule has 0 fully saturated rings. The zero-order valence-corrected chi connectivity index (χ0v) is 12.2. The topological polar surface area (TPSA) is 52.3 Å². The first-order valence-corrected chi connectivity index (χ1v) is 6.65. The molecule has 0 aliphatic carbocycles. The van der Waals surface area contributed by atoms with E-state index in [9.17, 15) is 13.6 Å². The van der Waals surface area contributed by atoms with E-state index in [1.807, 2.05) is 13.8 Å². The minimum atomic E-state index is -0.733. The average Bonchev–Trinajstić information content (AvgIpc) is 2.31. The van der Waals surface area contributed by atoms with Crippen LogP contribution in [-0.4, -0.2) is 18.1 Å². The number of hydrogen-bond acceptors (Lipinski definition) is 3. The van der Waals surface area contributed by atoms with Crippen LogP contribution in [0.5, 0.6) is 0 Å². The van der Waals surface area contributed by atoms with Crippen LogP contribution in [0.1, 0.15) is 39.2 Å². The zero-order chi connectivity index (χ0) is 15.4. The molecule has 20 heavy (non-hydrogen) atoms. The molecule has 0 heterocycles. The van der Waals surface area contributed by atoms with Crippen LogP contribution >= 0.6 is 0 Å². The van der Waals surface area contributed by atoms with Crippen molar-refractivity contribution >= 4 is 5.97 Å². The number of ether oxygens (including phenoxy) is 1. The number of carbonyl (C=O) groups excluding carboxylic acids is 1. The second kappa shape index (κ2) is 6.79. The summed E-state index contributed by atoms with van der Waals surface area (Å²) in [6.45, 7) is 7.00. The standard InChI is InChI=1S/C15H21F2NO2/c1-8(2)14(10(4)20-15(19)9(3)18)12-6-5-11(16)7-13(12)17/h5-10,14H,18H2,1-4H3/t9-,10-,14-/m0/s1. The molecule has 0 aliphatic rings. The molecule has 112 valence electrons. The van der Waals surface area contributed by atoms with Crippen molar-refractivity contribution in [1.82, 2.24) is 0 Å². The number of benzene rings is 1. The molecule has 0 radical (unpaired) electrons. The van der Waals surface area contributed by atoms with Crippen molar-refractivity contribution in [2.75, 3.05) is 0 Å². The summed E-state index contributed by atoms with van der Waals surface area (Å²) < 4.78 is 32.1. The number of nitrogens with two attached hydrogens (primary N) is 1. The van der Waals surface area contributed by atoms with E-state index in [0.717, 1.165) is 6.07 Å². The summed E-state index contributed by atoms with van der Waals surface area (Å²) in [6, 6.07) is 2.70. The molecule has 0 saturated carbocycles. The highest BCUT2D eigenvalue weighted by Gasteiger charge is 2.29. The monoisotopic (exact) mass is 285 g/mol. The second-order valence-corrected chi connectivity index (χ2v) is 5.37. The molecule has 3 atom stereocenters. The van der Waals surface area contributed by atoms with E-state index in [0.29, 0.717) is 5.56 Å². The van der Waals surface area contributed by atoms with Gasteiger partial charge in [-0.2, -0.15) is 0 Å². The van der Waals surface area contributed by atoms with Gasteiger partial charge >= 0.3 is 5.97 Å². The molecular formula is C15H21F2NO2. The van der Waals surface area contributed by atoms with E-state index < -0.39 is 29.7 Å². The second-order valence-electron chi connectivity index (χ2n) is 5.37. The third-order valence-electron chi connectivity index (χ3n) is 3.22. The van der Waals surface area contributed by atoms with E-state index in [1.54, 1.807) is 6.92 Å². The maximum Gasteiger partial charge on any atom is 0.322 e. The van der Waals surface area contributed by atoms with Crippen molar-refractivity contribution in [1.29, 1.82) is 0 Å². The lowest BCUT2D eigenvalue weighted by Crippen LogP contribution is -2.34. The highest BCUT2D eigenvalue weighted by molar-refractivity contribution is 5.75. The first kappa shape index (κ1) is 16.6. The number of rotatable bonds is 5. The summed E-state index contributed by atoms with van der Waals surface area (Å²) in [5.74, 6) is -2.14. The predicted molar refractivity (Wildman–Crippen MR) is 73.1 cm³/mol. The number of carbonyl (C=O) groups is 1. The summed E-state index contributed by atoms with van der Waals surface area (Å²) in [5.41, 5.74) is 5.79. The van der Waals surface area contributed by atoms with Gasteiger partial charge in [-0.15, -0.1) is 0 Å². The summed E-state index contributed by atoms with van der Waals surface area (Å²) in [7, 11) is 0. The van der Waals surface area contributed by atoms with Crippen molar-refractivity contribution < 1.29 is 18.3 Å². The number of hydrogen-bond donors (Lipinski definition) is 1. The molecule has 0 saturated heterocycles. The van der Waals surface area contributed by atoms with Crippen LogP contribution in [0.4, 0.5) is 8.78 Å². The number of esters is 1. The Morgan fingerprint density at radius 2 is 1.80 bits per heavy atom. The van der Waals surface area contributed by atoms with Crippen LogP contribution in [0, 0.1) is 17.6 Å². The molecule has 2 N–H and O–H groups in total. The van der Waals surface area contributed by atoms with Gasteiger partial charge in [-0.05, 0) is 31.4 Å². The summed E-state index contributed by atoms with van der Waals surface area (Å²) in [4.78, 5) is 11.5. The molecule has 1 aromatic carbocycles. The maximum atomic E-state index is 13.9. The van der Waals surface area contributed by atoms with Crippen molar-refractivity contribution in [3.63, 3.8) is 0 Å². The molecule has 1 rings (SSSR count). The van der Waals surface area contributed by atoms with E-state index in [-0.39, 0.29) is 11.8 Å². The lowest BCUT2D eigenvalue weighted by Gasteiger charge is -2.28. The Morgan fingerprint density at radius 3 is 2.25 bits per heavy atom. The van der Waals surface area contributed by atoms with Crippen molar-refractivity contribution in [3.05, 3.63) is 35.4 Å². The SMILES string of the molecule is CC(C)[C@H](c1ccc(F)cc1F)[C@H](C)OC(=O)[C@H](C)N. The first-order chi connectivity index (χ1) is 9.23. The lowest BCUT2D eigenvalue weighted by molar-refractivity contribution is -0.151. The minimum Gasteiger partial charge on any atom is -0.461 e. The summed E-state index contributed by atoms with van der Waals surface area (Å²) >= 11 is 0. The Bertz CT molecular complexity index is 475. The molecule has 1 aromatic rings. The van der Waals surface area contributed by atoms with Gasteiger partial charge in [-0.3, -0.25) is 4.79 Å². The molecule has 5 heteroatoms. The van der Waals surface area contributed by atoms with Gasteiger partial charge in [0, 0.05) is 12.0 Å². The van der Waals surface area contributed by atoms with Crippen LogP contribution in [0.2, 0.25) is 0 Å². The van der Waals surface area contributed by atoms with Crippen LogP contribution in [-0.2, 0) is 9.53 Å². The summed E-state index contributed by atoms with van der Waals surface area (Å²) in [6.07, 6.45) is -0.548. The zero-order valence-electron chi connectivity index (χ0n) is 12.2. The Morgan fingerprint density at radius 1 is 1.20 bits per heavy atom. The molecule has 0 aliphatic heterocycles. The Labute approximate surface area is 118 Å². The average molecular weight is 285 g/mol. The molecule has 0 spiro atoms. The molecule has 0 bridgehead atoms. The van der Waals surface area contributed by atoms with Gasteiger partial charge in [0.2, 0.25) is 0 Å². The Hall–Kier alpha value is -1.49. The molecule has 0 unspecified atom stereocenters. The maximum absolute atomic E-state index is 13.9. The highest BCUT2D eigenvalue weighted by atomic mass is 19.1. The van der Waals surface area contributed by atoms with Gasteiger partial charge in [-0.25, -0.2) is 8.78 Å². The van der Waals surface area contributed by atoms with Gasteiger partial charge in [0.05, 0.1) is 0 Å².